The number of thiophene rings is 2. The van der Waals surface area contributed by atoms with E-state index in [4.69, 9.17) is 4.89 Å². The maximum Gasteiger partial charge on any atom is 0.324 e. The van der Waals surface area contributed by atoms with Gasteiger partial charge in [0.25, 0.3) is 0 Å². The number of carbonyl (C=O) groups excluding carboxylic acids is 1. The Hall–Kier alpha value is -1.41. The summed E-state index contributed by atoms with van der Waals surface area (Å²) in [6, 6.07) is 3.68. The van der Waals surface area contributed by atoms with Crippen molar-refractivity contribution in [2.75, 3.05) is 17.7 Å². The van der Waals surface area contributed by atoms with Crippen molar-refractivity contribution in [3.8, 4) is 0 Å². The van der Waals surface area contributed by atoms with E-state index in [9.17, 15) is 4.79 Å². The number of hydrogen-bond acceptors (Lipinski definition) is 5. The van der Waals surface area contributed by atoms with Crippen LogP contribution in [0.15, 0.2) is 17.5 Å². The summed E-state index contributed by atoms with van der Waals surface area (Å²) in [5, 5.41) is 8.56. The van der Waals surface area contributed by atoms with Crippen LogP contribution >= 0.6 is 22.7 Å². The Morgan fingerprint density at radius 1 is 1.26 bits per heavy atom. The van der Waals surface area contributed by atoms with Crippen LogP contribution in [0.4, 0.5) is 15.5 Å². The summed E-state index contributed by atoms with van der Waals surface area (Å²) >= 11 is 3.12. The monoisotopic (exact) mass is 354 g/mol. The van der Waals surface area contributed by atoms with E-state index in [1.165, 1.54) is 23.3 Å². The highest BCUT2D eigenvalue weighted by Crippen LogP contribution is 2.36. The Morgan fingerprint density at radius 3 is 2.57 bits per heavy atom. The number of anilines is 2. The highest BCUT2D eigenvalue weighted by atomic mass is 32.1. The molecule has 0 unspecified atom stereocenters. The van der Waals surface area contributed by atoms with Crippen molar-refractivity contribution in [1.29, 1.82) is 0 Å². The molecule has 2 aromatic rings. The molecule has 0 aliphatic carbocycles. The molecule has 23 heavy (non-hydrogen) atoms. The minimum absolute atomic E-state index is 0.00770. The molecule has 2 rings (SSSR count). The molecule has 2 N–H and O–H groups in total. The second kappa shape index (κ2) is 7.44. The summed E-state index contributed by atoms with van der Waals surface area (Å²) in [4.78, 5) is 24.0. The first-order valence-electron chi connectivity index (χ1n) is 7.21. The van der Waals surface area contributed by atoms with Crippen LogP contribution in [0.1, 0.15) is 36.1 Å². The van der Waals surface area contributed by atoms with Gasteiger partial charge in [-0.15, -0.1) is 22.7 Å². The Morgan fingerprint density at radius 2 is 2.00 bits per heavy atom. The smallest absolute Gasteiger partial charge is 0.307 e. The highest BCUT2D eigenvalue weighted by Gasteiger charge is 2.21. The van der Waals surface area contributed by atoms with Crippen LogP contribution in [0.3, 0.4) is 0 Å². The predicted octanol–water partition coefficient (Wildman–Crippen LogP) is 5.14. The van der Waals surface area contributed by atoms with Gasteiger partial charge >= 0.3 is 6.03 Å². The van der Waals surface area contributed by atoms with Gasteiger partial charge in [0.1, 0.15) is 6.61 Å². The molecule has 2 heterocycles. The zero-order valence-corrected chi connectivity index (χ0v) is 15.6. The molecule has 0 saturated heterocycles. The van der Waals surface area contributed by atoms with Crippen LogP contribution in [0.5, 0.6) is 0 Å². The van der Waals surface area contributed by atoms with Crippen LogP contribution in [-0.4, -0.2) is 13.1 Å². The van der Waals surface area contributed by atoms with Crippen molar-refractivity contribution in [3.05, 3.63) is 32.8 Å². The number of hydrogen-bond donors (Lipinski definition) is 2. The number of aryl methyl sites for hydroxylation is 1. The zero-order valence-electron chi connectivity index (χ0n) is 14.0. The molecule has 0 bridgehead atoms. The van der Waals surface area contributed by atoms with Crippen LogP contribution in [-0.2, 0) is 21.8 Å². The lowest BCUT2D eigenvalue weighted by molar-refractivity contribution is -0.281. The SMILES string of the molecule is COOCc1sc(C(C)(C)C)cc1NC(=O)Nc1cc(C)cs1. The summed E-state index contributed by atoms with van der Waals surface area (Å²) in [7, 11) is 1.47. The molecule has 5 nitrogen and oxygen atoms in total. The van der Waals surface area contributed by atoms with Crippen molar-refractivity contribution in [3.63, 3.8) is 0 Å². The molecular weight excluding hydrogens is 332 g/mol. The molecule has 0 aliphatic heterocycles. The normalized spacial score (nSPS) is 11.5. The minimum atomic E-state index is -0.260. The first-order chi connectivity index (χ1) is 10.8. The van der Waals surface area contributed by atoms with E-state index in [2.05, 4.69) is 36.3 Å². The highest BCUT2D eigenvalue weighted by molar-refractivity contribution is 7.14. The lowest BCUT2D eigenvalue weighted by Crippen LogP contribution is -2.19. The van der Waals surface area contributed by atoms with Gasteiger partial charge in [0, 0.05) is 4.88 Å². The molecule has 0 saturated carbocycles. The second-order valence-electron chi connectivity index (χ2n) is 6.19. The Labute approximate surface area is 144 Å². The summed E-state index contributed by atoms with van der Waals surface area (Å²) in [5.74, 6) is 0. The molecule has 0 radical (unpaired) electrons. The molecule has 7 heteroatoms. The standard InChI is InChI=1S/C16H22N2O3S2/c1-10-6-14(22-9-10)18-15(19)17-11-7-13(16(2,3)4)23-12(11)8-21-20-5/h6-7,9H,8H2,1-5H3,(H2,17,18,19). The average Bonchev–Trinajstić information content (AvgIpc) is 3.02. The Kier molecular flexibility index (Phi) is 5.80. The summed E-state index contributed by atoms with van der Waals surface area (Å²) < 4.78 is 0. The van der Waals surface area contributed by atoms with Crippen LogP contribution < -0.4 is 10.6 Å². The Bertz CT molecular complexity index is 671. The van der Waals surface area contributed by atoms with Crippen LogP contribution in [0, 0.1) is 6.92 Å². The van der Waals surface area contributed by atoms with Gasteiger partial charge in [-0.2, -0.15) is 0 Å². The van der Waals surface area contributed by atoms with E-state index in [-0.39, 0.29) is 11.4 Å². The predicted molar refractivity (Wildman–Crippen MR) is 96.5 cm³/mol. The minimum Gasteiger partial charge on any atom is -0.307 e. The fourth-order valence-corrected chi connectivity index (χ4v) is 3.75. The summed E-state index contributed by atoms with van der Waals surface area (Å²) in [5.41, 5.74) is 1.89. The number of nitrogens with one attached hydrogen (secondary N) is 2. The average molecular weight is 354 g/mol. The van der Waals surface area contributed by atoms with Crippen molar-refractivity contribution in [1.82, 2.24) is 0 Å². The molecule has 0 atom stereocenters. The van der Waals surface area contributed by atoms with Crippen LogP contribution in [0.25, 0.3) is 0 Å². The van der Waals surface area contributed by atoms with Crippen molar-refractivity contribution < 1.29 is 14.6 Å². The van der Waals surface area contributed by atoms with Crippen molar-refractivity contribution >= 4 is 39.4 Å². The van der Waals surface area contributed by atoms with Gasteiger partial charge in [0.05, 0.1) is 22.7 Å². The van der Waals surface area contributed by atoms with Gasteiger partial charge in [-0.1, -0.05) is 20.8 Å². The molecule has 2 aromatic heterocycles. The number of urea groups is 1. The summed E-state index contributed by atoms with van der Waals surface area (Å²) in [6.07, 6.45) is 0. The van der Waals surface area contributed by atoms with Gasteiger partial charge in [0.2, 0.25) is 0 Å². The number of amides is 2. The van der Waals surface area contributed by atoms with Gasteiger partial charge in [-0.05, 0) is 35.4 Å². The lowest BCUT2D eigenvalue weighted by Gasteiger charge is -2.15. The van der Waals surface area contributed by atoms with E-state index in [1.807, 2.05) is 24.4 Å². The molecule has 126 valence electrons. The molecule has 0 fully saturated rings. The summed E-state index contributed by atoms with van der Waals surface area (Å²) in [6.45, 7) is 8.70. The third-order valence-electron chi connectivity index (χ3n) is 3.07. The fourth-order valence-electron chi connectivity index (χ4n) is 1.89. The lowest BCUT2D eigenvalue weighted by atomic mass is 9.94. The van der Waals surface area contributed by atoms with E-state index >= 15 is 0 Å². The van der Waals surface area contributed by atoms with E-state index < -0.39 is 0 Å². The Balaban J connectivity index is 2.13. The number of rotatable bonds is 5. The van der Waals surface area contributed by atoms with Gasteiger partial charge in [-0.3, -0.25) is 5.32 Å². The molecule has 0 spiro atoms. The molecule has 0 aliphatic rings. The third kappa shape index (κ3) is 5.04. The molecule has 0 aromatic carbocycles. The second-order valence-corrected chi connectivity index (χ2v) is 8.24. The topological polar surface area (TPSA) is 59.6 Å². The molecule has 2 amide bonds. The molecular formula is C16H22N2O3S2. The van der Waals surface area contributed by atoms with E-state index in [1.54, 1.807) is 11.3 Å². The van der Waals surface area contributed by atoms with Gasteiger partial charge in [-0.25, -0.2) is 14.6 Å². The first-order valence-corrected chi connectivity index (χ1v) is 8.91. The zero-order chi connectivity index (χ0) is 17.0. The fraction of sp³-hybridized carbons (Fsp3) is 0.438. The van der Waals surface area contributed by atoms with Gasteiger partial charge < -0.3 is 5.32 Å². The van der Waals surface area contributed by atoms with Crippen molar-refractivity contribution in [2.45, 2.75) is 39.7 Å². The van der Waals surface area contributed by atoms with Crippen LogP contribution in [0.2, 0.25) is 0 Å². The van der Waals surface area contributed by atoms with Gasteiger partial charge in [0.15, 0.2) is 0 Å². The van der Waals surface area contributed by atoms with Crippen molar-refractivity contribution in [2.24, 2.45) is 0 Å². The first kappa shape index (κ1) is 17.9. The number of carbonyl (C=O) groups is 1. The largest absolute Gasteiger partial charge is 0.324 e. The quantitative estimate of drug-likeness (QED) is 0.577. The van der Waals surface area contributed by atoms with E-state index in [0.717, 1.165) is 21.1 Å². The third-order valence-corrected chi connectivity index (χ3v) is 5.57. The van der Waals surface area contributed by atoms with E-state index in [0.29, 0.717) is 6.61 Å². The maximum absolute atomic E-state index is 12.2. The maximum atomic E-state index is 12.2.